The van der Waals surface area contributed by atoms with Crippen molar-refractivity contribution in [3.63, 3.8) is 0 Å². The van der Waals surface area contributed by atoms with Crippen LogP contribution in [0.15, 0.2) is 47.6 Å². The van der Waals surface area contributed by atoms with Crippen molar-refractivity contribution in [1.29, 1.82) is 0 Å². The lowest BCUT2D eigenvalue weighted by molar-refractivity contribution is 0.101. The summed E-state index contributed by atoms with van der Waals surface area (Å²) in [5, 5.41) is 9.61. The van der Waals surface area contributed by atoms with Gasteiger partial charge >= 0.3 is 0 Å². The Morgan fingerprint density at radius 1 is 1.15 bits per heavy atom. The van der Waals surface area contributed by atoms with E-state index >= 15 is 0 Å². The van der Waals surface area contributed by atoms with Crippen molar-refractivity contribution in [3.05, 3.63) is 59.7 Å². The molecule has 0 saturated heterocycles. The molecule has 0 radical (unpaired) electrons. The molecule has 0 aliphatic heterocycles. The average Bonchev–Trinajstić information content (AvgIpc) is 3.01. The van der Waals surface area contributed by atoms with E-state index in [1.54, 1.807) is 0 Å². The number of benzene rings is 2. The number of hydrogen-bond donors (Lipinski definition) is 0. The topological polar surface area (TPSA) is 60.7 Å². The maximum absolute atomic E-state index is 13.7. The number of ketones is 1. The van der Waals surface area contributed by atoms with E-state index in [0.29, 0.717) is 22.9 Å². The number of fused-ring (bicyclic) bond motifs is 3. The summed E-state index contributed by atoms with van der Waals surface area (Å²) in [6, 6.07) is 10.6. The molecule has 4 rings (SSSR count). The van der Waals surface area contributed by atoms with E-state index in [0.717, 1.165) is 40.9 Å². The standard InChI is InChI=1S/C19H14F2N4OS/c1-2-25-15-6-4-3-5-12(15)17-18(25)22-19(24-23-17)27-10-16(26)13-9-11(20)7-8-14(13)21/h3-9H,2,10H2,1H3. The molecule has 136 valence electrons. The van der Waals surface area contributed by atoms with Gasteiger partial charge in [-0.1, -0.05) is 30.0 Å². The highest BCUT2D eigenvalue weighted by atomic mass is 32.2. The van der Waals surface area contributed by atoms with Gasteiger partial charge in [0, 0.05) is 11.9 Å². The fraction of sp³-hybridized carbons (Fsp3) is 0.158. The van der Waals surface area contributed by atoms with Gasteiger partial charge in [0.15, 0.2) is 11.4 Å². The van der Waals surface area contributed by atoms with Gasteiger partial charge in [0.2, 0.25) is 5.16 Å². The zero-order chi connectivity index (χ0) is 19.0. The Labute approximate surface area is 157 Å². The van der Waals surface area contributed by atoms with Crippen molar-refractivity contribution in [2.24, 2.45) is 0 Å². The lowest BCUT2D eigenvalue weighted by Gasteiger charge is -2.04. The van der Waals surface area contributed by atoms with Gasteiger partial charge in [-0.25, -0.2) is 13.8 Å². The quantitative estimate of drug-likeness (QED) is 0.380. The molecule has 0 fully saturated rings. The number of nitrogens with zero attached hydrogens (tertiary/aromatic N) is 4. The number of hydrogen-bond acceptors (Lipinski definition) is 5. The van der Waals surface area contributed by atoms with E-state index in [1.807, 2.05) is 35.8 Å². The number of aryl methyl sites for hydroxylation is 1. The summed E-state index contributed by atoms with van der Waals surface area (Å²) in [5.74, 6) is -2.05. The van der Waals surface area contributed by atoms with Crippen LogP contribution in [0.1, 0.15) is 17.3 Å². The Balaban J connectivity index is 1.64. The van der Waals surface area contributed by atoms with Crippen LogP contribution in [0, 0.1) is 11.6 Å². The van der Waals surface area contributed by atoms with Gasteiger partial charge in [-0.3, -0.25) is 4.79 Å². The number of aromatic nitrogens is 4. The molecule has 27 heavy (non-hydrogen) atoms. The van der Waals surface area contributed by atoms with Crippen LogP contribution in [-0.4, -0.2) is 31.3 Å². The minimum atomic E-state index is -0.748. The van der Waals surface area contributed by atoms with Gasteiger partial charge in [-0.15, -0.1) is 10.2 Å². The Morgan fingerprint density at radius 3 is 2.78 bits per heavy atom. The fourth-order valence-electron chi connectivity index (χ4n) is 2.99. The van der Waals surface area contributed by atoms with Crippen LogP contribution in [0.2, 0.25) is 0 Å². The van der Waals surface area contributed by atoms with Gasteiger partial charge in [0.05, 0.1) is 16.8 Å². The summed E-state index contributed by atoms with van der Waals surface area (Å²) < 4.78 is 29.0. The summed E-state index contributed by atoms with van der Waals surface area (Å²) in [4.78, 5) is 16.7. The molecule has 0 bridgehead atoms. The molecule has 5 nitrogen and oxygen atoms in total. The Bertz CT molecular complexity index is 1180. The van der Waals surface area contributed by atoms with Gasteiger partial charge in [0.25, 0.3) is 0 Å². The minimum absolute atomic E-state index is 0.111. The van der Waals surface area contributed by atoms with E-state index in [9.17, 15) is 13.6 Å². The van der Waals surface area contributed by atoms with Crippen LogP contribution in [0.4, 0.5) is 8.78 Å². The van der Waals surface area contributed by atoms with Crippen LogP contribution >= 0.6 is 11.8 Å². The van der Waals surface area contributed by atoms with Gasteiger partial charge < -0.3 is 4.57 Å². The normalized spacial score (nSPS) is 11.4. The molecule has 0 N–H and O–H groups in total. The zero-order valence-electron chi connectivity index (χ0n) is 14.3. The Hall–Kier alpha value is -2.87. The highest BCUT2D eigenvalue weighted by Gasteiger charge is 2.16. The number of para-hydroxylation sites is 1. The van der Waals surface area contributed by atoms with E-state index < -0.39 is 17.4 Å². The van der Waals surface area contributed by atoms with Crippen molar-refractivity contribution in [2.45, 2.75) is 18.6 Å². The van der Waals surface area contributed by atoms with Crippen LogP contribution in [-0.2, 0) is 6.54 Å². The molecule has 0 aliphatic rings. The summed E-state index contributed by atoms with van der Waals surface area (Å²) in [5.41, 5.74) is 2.11. The maximum Gasteiger partial charge on any atom is 0.211 e. The van der Waals surface area contributed by atoms with Crippen molar-refractivity contribution < 1.29 is 13.6 Å². The predicted molar refractivity (Wildman–Crippen MR) is 99.9 cm³/mol. The lowest BCUT2D eigenvalue weighted by atomic mass is 10.1. The van der Waals surface area contributed by atoms with Crippen molar-refractivity contribution in [2.75, 3.05) is 5.75 Å². The van der Waals surface area contributed by atoms with Gasteiger partial charge in [0.1, 0.15) is 17.2 Å². The third kappa shape index (κ3) is 3.16. The van der Waals surface area contributed by atoms with E-state index in [-0.39, 0.29) is 11.3 Å². The van der Waals surface area contributed by atoms with Crippen LogP contribution in [0.5, 0.6) is 0 Å². The molecule has 2 heterocycles. The number of carbonyl (C=O) groups is 1. The second-order valence-corrected chi connectivity index (χ2v) is 6.81. The molecule has 2 aromatic carbocycles. The second-order valence-electron chi connectivity index (χ2n) is 5.86. The molecule has 8 heteroatoms. The van der Waals surface area contributed by atoms with E-state index in [4.69, 9.17) is 0 Å². The van der Waals surface area contributed by atoms with Crippen molar-refractivity contribution >= 4 is 39.6 Å². The molecule has 0 spiro atoms. The number of thioether (sulfide) groups is 1. The summed E-state index contributed by atoms with van der Waals surface area (Å²) in [6.07, 6.45) is 0. The molecule has 0 atom stereocenters. The second kappa shape index (κ2) is 7.03. The van der Waals surface area contributed by atoms with Crippen LogP contribution in [0.25, 0.3) is 22.1 Å². The average molecular weight is 384 g/mol. The van der Waals surface area contributed by atoms with Gasteiger partial charge in [-0.2, -0.15) is 0 Å². The molecule has 0 amide bonds. The van der Waals surface area contributed by atoms with Crippen LogP contribution in [0.3, 0.4) is 0 Å². The minimum Gasteiger partial charge on any atom is -0.324 e. The monoisotopic (exact) mass is 384 g/mol. The highest BCUT2D eigenvalue weighted by molar-refractivity contribution is 7.99. The fourth-order valence-corrected chi connectivity index (χ4v) is 3.65. The lowest BCUT2D eigenvalue weighted by Crippen LogP contribution is -2.07. The SMILES string of the molecule is CCn1c2ccccc2c2nnc(SCC(=O)c3cc(F)ccc3F)nc21. The maximum atomic E-state index is 13.7. The molecule has 4 aromatic rings. The highest BCUT2D eigenvalue weighted by Crippen LogP contribution is 2.27. The first-order chi connectivity index (χ1) is 13.1. The molecule has 0 saturated carbocycles. The summed E-state index contributed by atoms with van der Waals surface area (Å²) in [6.45, 7) is 2.72. The largest absolute Gasteiger partial charge is 0.324 e. The Kier molecular flexibility index (Phi) is 4.57. The molecular formula is C19H14F2N4OS. The summed E-state index contributed by atoms with van der Waals surface area (Å²) >= 11 is 1.05. The van der Waals surface area contributed by atoms with Crippen molar-refractivity contribution in [1.82, 2.24) is 19.7 Å². The number of Topliss-reactive ketones (excluding diaryl/α,β-unsaturated/α-hetero) is 1. The first kappa shape index (κ1) is 17.5. The number of carbonyl (C=O) groups excluding carboxylic acids is 1. The molecule has 0 unspecified atom stereocenters. The molecule has 0 aliphatic carbocycles. The third-order valence-electron chi connectivity index (χ3n) is 4.23. The number of rotatable bonds is 5. The molecule has 2 aromatic heterocycles. The van der Waals surface area contributed by atoms with E-state index in [2.05, 4.69) is 15.2 Å². The van der Waals surface area contributed by atoms with Crippen molar-refractivity contribution in [3.8, 4) is 0 Å². The number of halogens is 2. The third-order valence-corrected chi connectivity index (χ3v) is 5.07. The zero-order valence-corrected chi connectivity index (χ0v) is 15.1. The van der Waals surface area contributed by atoms with Gasteiger partial charge in [-0.05, 0) is 31.2 Å². The smallest absolute Gasteiger partial charge is 0.211 e. The Morgan fingerprint density at radius 2 is 1.96 bits per heavy atom. The first-order valence-corrected chi connectivity index (χ1v) is 9.29. The van der Waals surface area contributed by atoms with Crippen LogP contribution < -0.4 is 0 Å². The first-order valence-electron chi connectivity index (χ1n) is 8.31. The molecular weight excluding hydrogens is 370 g/mol. The van der Waals surface area contributed by atoms with E-state index in [1.165, 1.54) is 0 Å². The summed E-state index contributed by atoms with van der Waals surface area (Å²) in [7, 11) is 0. The predicted octanol–water partition coefficient (Wildman–Crippen LogP) is 4.25.